The first-order valence-corrected chi connectivity index (χ1v) is 7.32. The van der Waals surface area contributed by atoms with Gasteiger partial charge < -0.3 is 10.3 Å². The molecule has 1 atom stereocenters. The standard InChI is InChI=1S/C16H23N3/c1-10(2)11(3)16-18-14-8-12(9-17)4-7-15(14)19(16)13-5-6-13/h4,7-8,10-11,13H,5-6,9,17H2,1-3H3. The lowest BCUT2D eigenvalue weighted by molar-refractivity contribution is 0.488. The number of benzene rings is 1. The van der Waals surface area contributed by atoms with Crippen molar-refractivity contribution in [1.82, 2.24) is 9.55 Å². The first-order chi connectivity index (χ1) is 9.11. The van der Waals surface area contributed by atoms with Gasteiger partial charge >= 0.3 is 0 Å². The van der Waals surface area contributed by atoms with Gasteiger partial charge in [-0.05, 0) is 36.5 Å². The molecular weight excluding hydrogens is 234 g/mol. The van der Waals surface area contributed by atoms with Gasteiger partial charge in [0, 0.05) is 18.5 Å². The van der Waals surface area contributed by atoms with Crippen molar-refractivity contribution in [3.05, 3.63) is 29.6 Å². The fourth-order valence-electron chi connectivity index (χ4n) is 2.63. The first-order valence-electron chi connectivity index (χ1n) is 7.32. The molecule has 1 aromatic heterocycles. The van der Waals surface area contributed by atoms with Crippen LogP contribution < -0.4 is 5.73 Å². The summed E-state index contributed by atoms with van der Waals surface area (Å²) in [6, 6.07) is 7.14. The summed E-state index contributed by atoms with van der Waals surface area (Å²) in [6.07, 6.45) is 2.59. The largest absolute Gasteiger partial charge is 0.326 e. The summed E-state index contributed by atoms with van der Waals surface area (Å²) < 4.78 is 2.47. The van der Waals surface area contributed by atoms with Crippen LogP contribution in [0.15, 0.2) is 18.2 Å². The molecule has 19 heavy (non-hydrogen) atoms. The van der Waals surface area contributed by atoms with Crippen LogP contribution in [0, 0.1) is 5.92 Å². The molecule has 102 valence electrons. The minimum absolute atomic E-state index is 0.495. The molecule has 1 unspecified atom stereocenters. The molecule has 0 aliphatic heterocycles. The Bertz CT molecular complexity index is 593. The van der Waals surface area contributed by atoms with Gasteiger partial charge in [0.1, 0.15) is 5.82 Å². The molecule has 0 saturated heterocycles. The predicted octanol–water partition coefficient (Wildman–Crippen LogP) is 3.59. The molecule has 0 bridgehead atoms. The van der Waals surface area contributed by atoms with Gasteiger partial charge in [-0.1, -0.05) is 26.8 Å². The van der Waals surface area contributed by atoms with E-state index >= 15 is 0 Å². The highest BCUT2D eigenvalue weighted by atomic mass is 15.1. The van der Waals surface area contributed by atoms with Crippen LogP contribution in [0.1, 0.15) is 57.0 Å². The van der Waals surface area contributed by atoms with Gasteiger partial charge in [-0.3, -0.25) is 0 Å². The lowest BCUT2D eigenvalue weighted by Crippen LogP contribution is -2.10. The van der Waals surface area contributed by atoms with Crippen molar-refractivity contribution in [3.8, 4) is 0 Å². The van der Waals surface area contributed by atoms with Crippen molar-refractivity contribution in [1.29, 1.82) is 0 Å². The molecule has 3 heteroatoms. The normalized spacial score (nSPS) is 17.3. The molecule has 2 N–H and O–H groups in total. The fraction of sp³-hybridized carbons (Fsp3) is 0.562. The van der Waals surface area contributed by atoms with E-state index in [1.807, 2.05) is 0 Å². The van der Waals surface area contributed by atoms with Gasteiger partial charge in [-0.25, -0.2) is 4.98 Å². The maximum absolute atomic E-state index is 5.73. The quantitative estimate of drug-likeness (QED) is 0.909. The Labute approximate surface area is 114 Å². The minimum Gasteiger partial charge on any atom is -0.326 e. The molecule has 0 spiro atoms. The third-order valence-electron chi connectivity index (χ3n) is 4.34. The van der Waals surface area contributed by atoms with E-state index in [-0.39, 0.29) is 0 Å². The van der Waals surface area contributed by atoms with Crippen LogP contribution in [0.3, 0.4) is 0 Å². The lowest BCUT2D eigenvalue weighted by atomic mass is 9.97. The van der Waals surface area contributed by atoms with Crippen molar-refractivity contribution in [2.75, 3.05) is 0 Å². The second kappa shape index (κ2) is 4.64. The van der Waals surface area contributed by atoms with Gasteiger partial charge in [0.05, 0.1) is 11.0 Å². The predicted molar refractivity (Wildman–Crippen MR) is 79.1 cm³/mol. The van der Waals surface area contributed by atoms with Crippen LogP contribution in [0.2, 0.25) is 0 Å². The average Bonchev–Trinajstić information content (AvgIpc) is 3.17. The lowest BCUT2D eigenvalue weighted by Gasteiger charge is -2.17. The van der Waals surface area contributed by atoms with Crippen LogP contribution >= 0.6 is 0 Å². The maximum Gasteiger partial charge on any atom is 0.113 e. The summed E-state index contributed by atoms with van der Waals surface area (Å²) >= 11 is 0. The van der Waals surface area contributed by atoms with E-state index < -0.39 is 0 Å². The van der Waals surface area contributed by atoms with Gasteiger partial charge in [-0.2, -0.15) is 0 Å². The fourth-order valence-corrected chi connectivity index (χ4v) is 2.63. The first kappa shape index (κ1) is 12.7. The summed E-state index contributed by atoms with van der Waals surface area (Å²) in [6.45, 7) is 7.41. The molecule has 3 nitrogen and oxygen atoms in total. The Morgan fingerprint density at radius 3 is 2.63 bits per heavy atom. The molecule has 1 aromatic carbocycles. The van der Waals surface area contributed by atoms with Crippen molar-refractivity contribution in [2.45, 2.75) is 52.1 Å². The Kier molecular flexibility index (Phi) is 3.09. The monoisotopic (exact) mass is 257 g/mol. The Balaban J connectivity index is 2.17. The van der Waals surface area contributed by atoms with Gasteiger partial charge in [0.2, 0.25) is 0 Å². The van der Waals surface area contributed by atoms with E-state index in [9.17, 15) is 0 Å². The number of imidazole rings is 1. The van der Waals surface area contributed by atoms with E-state index in [1.54, 1.807) is 0 Å². The molecule has 0 amide bonds. The van der Waals surface area contributed by atoms with E-state index in [0.717, 1.165) is 11.1 Å². The minimum atomic E-state index is 0.495. The molecule has 3 rings (SSSR count). The van der Waals surface area contributed by atoms with Crippen LogP contribution in [0.5, 0.6) is 0 Å². The molecule has 1 fully saturated rings. The van der Waals surface area contributed by atoms with Crippen molar-refractivity contribution >= 4 is 11.0 Å². The smallest absolute Gasteiger partial charge is 0.113 e. The Hall–Kier alpha value is -1.35. The van der Waals surface area contributed by atoms with Crippen molar-refractivity contribution < 1.29 is 0 Å². The number of fused-ring (bicyclic) bond motifs is 1. The number of aromatic nitrogens is 2. The van der Waals surface area contributed by atoms with E-state index in [1.165, 1.54) is 24.2 Å². The summed E-state index contributed by atoms with van der Waals surface area (Å²) in [4.78, 5) is 4.91. The van der Waals surface area contributed by atoms with Crippen LogP contribution in [-0.4, -0.2) is 9.55 Å². The highest BCUT2D eigenvalue weighted by Gasteiger charge is 2.30. The third-order valence-corrected chi connectivity index (χ3v) is 4.34. The van der Waals surface area contributed by atoms with Crippen molar-refractivity contribution in [2.24, 2.45) is 11.7 Å². The van der Waals surface area contributed by atoms with Crippen LogP contribution in [0.4, 0.5) is 0 Å². The second-order valence-corrected chi connectivity index (χ2v) is 6.13. The molecular formula is C16H23N3. The summed E-state index contributed by atoms with van der Waals surface area (Å²) in [5.41, 5.74) is 9.28. The zero-order valence-corrected chi connectivity index (χ0v) is 12.1. The topological polar surface area (TPSA) is 43.8 Å². The second-order valence-electron chi connectivity index (χ2n) is 6.13. The van der Waals surface area contributed by atoms with E-state index in [2.05, 4.69) is 43.5 Å². The molecule has 2 aromatic rings. The summed E-state index contributed by atoms with van der Waals surface area (Å²) in [7, 11) is 0. The highest BCUT2D eigenvalue weighted by Crippen LogP contribution is 2.41. The molecule has 1 saturated carbocycles. The average molecular weight is 257 g/mol. The number of nitrogens with two attached hydrogens (primary N) is 1. The van der Waals surface area contributed by atoms with Crippen LogP contribution in [-0.2, 0) is 6.54 Å². The third kappa shape index (κ3) is 2.16. The molecule has 1 heterocycles. The van der Waals surface area contributed by atoms with Gasteiger partial charge in [-0.15, -0.1) is 0 Å². The summed E-state index contributed by atoms with van der Waals surface area (Å²) in [5, 5.41) is 0. The van der Waals surface area contributed by atoms with Gasteiger partial charge in [0.15, 0.2) is 0 Å². The number of rotatable bonds is 4. The Morgan fingerprint density at radius 1 is 1.32 bits per heavy atom. The number of nitrogens with zero attached hydrogens (tertiary/aromatic N) is 2. The maximum atomic E-state index is 5.73. The van der Waals surface area contributed by atoms with Gasteiger partial charge in [0.25, 0.3) is 0 Å². The van der Waals surface area contributed by atoms with E-state index in [0.29, 0.717) is 24.4 Å². The summed E-state index contributed by atoms with van der Waals surface area (Å²) in [5.74, 6) is 2.36. The number of hydrogen-bond donors (Lipinski definition) is 1. The highest BCUT2D eigenvalue weighted by molar-refractivity contribution is 5.77. The van der Waals surface area contributed by atoms with Crippen LogP contribution in [0.25, 0.3) is 11.0 Å². The molecule has 0 radical (unpaired) electrons. The number of hydrogen-bond acceptors (Lipinski definition) is 2. The zero-order valence-electron chi connectivity index (χ0n) is 12.1. The SMILES string of the molecule is CC(C)C(C)c1nc2cc(CN)ccc2n1C1CC1. The van der Waals surface area contributed by atoms with E-state index in [4.69, 9.17) is 10.7 Å². The molecule has 1 aliphatic rings. The Morgan fingerprint density at radius 2 is 2.05 bits per heavy atom. The zero-order chi connectivity index (χ0) is 13.6. The molecule has 1 aliphatic carbocycles. The van der Waals surface area contributed by atoms with Crippen molar-refractivity contribution in [3.63, 3.8) is 0 Å².